The van der Waals surface area contributed by atoms with Crippen molar-refractivity contribution in [3.05, 3.63) is 42.5 Å². The number of benzene rings is 1. The van der Waals surface area contributed by atoms with Gasteiger partial charge in [-0.05, 0) is 12.1 Å². The van der Waals surface area contributed by atoms with Crippen LogP contribution in [0, 0.1) is 0 Å². The molecular weight excluding hydrogens is 355 g/mol. The van der Waals surface area contributed by atoms with Crippen molar-refractivity contribution in [2.24, 2.45) is 10.7 Å². The highest BCUT2D eigenvalue weighted by atomic mass is 127. The molecule has 0 aliphatic heterocycles. The van der Waals surface area contributed by atoms with Gasteiger partial charge < -0.3 is 10.6 Å². The topological polar surface area (TPSA) is 72.3 Å². The smallest absolute Gasteiger partial charge is 0.191 e. The van der Waals surface area contributed by atoms with Crippen molar-refractivity contribution in [2.45, 2.75) is 6.54 Å². The second-order valence-electron chi connectivity index (χ2n) is 4.02. The number of aromatic nitrogens is 3. The van der Waals surface area contributed by atoms with Gasteiger partial charge in [0, 0.05) is 19.8 Å². The maximum atomic E-state index is 5.74. The van der Waals surface area contributed by atoms with Crippen molar-refractivity contribution < 1.29 is 0 Å². The number of nitrogens with two attached hydrogens (primary N) is 1. The fraction of sp³-hybridized carbons (Fsp3) is 0.250. The van der Waals surface area contributed by atoms with Crippen LogP contribution in [0.2, 0.25) is 0 Å². The molecule has 0 aliphatic carbocycles. The molecular formula is C12H17IN6. The average Bonchev–Trinajstić information content (AvgIpc) is 2.85. The largest absolute Gasteiger partial charge is 0.370 e. The molecule has 0 amide bonds. The van der Waals surface area contributed by atoms with Crippen LogP contribution in [-0.2, 0) is 6.54 Å². The summed E-state index contributed by atoms with van der Waals surface area (Å²) in [6, 6.07) is 9.89. The van der Waals surface area contributed by atoms with E-state index in [2.05, 4.69) is 15.2 Å². The Balaban J connectivity index is 0.00000180. The third-order valence-corrected chi connectivity index (χ3v) is 2.49. The molecule has 19 heavy (non-hydrogen) atoms. The summed E-state index contributed by atoms with van der Waals surface area (Å²) in [5.74, 6) is 1.23. The van der Waals surface area contributed by atoms with Gasteiger partial charge in [-0.3, -0.25) is 4.57 Å². The molecule has 1 aromatic heterocycles. The monoisotopic (exact) mass is 372 g/mol. The Morgan fingerprint density at radius 3 is 2.63 bits per heavy atom. The Kier molecular flexibility index (Phi) is 5.74. The minimum atomic E-state index is 0. The van der Waals surface area contributed by atoms with Crippen LogP contribution in [-0.4, -0.2) is 39.7 Å². The van der Waals surface area contributed by atoms with Crippen molar-refractivity contribution in [3.8, 4) is 5.69 Å². The van der Waals surface area contributed by atoms with Crippen LogP contribution < -0.4 is 5.73 Å². The zero-order chi connectivity index (χ0) is 13.0. The van der Waals surface area contributed by atoms with Gasteiger partial charge in [0.25, 0.3) is 0 Å². The maximum absolute atomic E-state index is 5.74. The van der Waals surface area contributed by atoms with Gasteiger partial charge >= 0.3 is 0 Å². The van der Waals surface area contributed by atoms with Gasteiger partial charge in [0.2, 0.25) is 0 Å². The van der Waals surface area contributed by atoms with Gasteiger partial charge in [-0.15, -0.1) is 34.2 Å². The summed E-state index contributed by atoms with van der Waals surface area (Å²) in [6.07, 6.45) is 1.67. The standard InChI is InChI=1S/C12H16N6.HI/c1-17(2)12(13)14-8-11-16-15-9-18(11)10-6-4-3-5-7-10;/h3-7,9H,8H2,1-2H3,(H2,13,14);1H. The lowest BCUT2D eigenvalue weighted by molar-refractivity contribution is 0.607. The predicted molar refractivity (Wildman–Crippen MR) is 85.8 cm³/mol. The Hall–Kier alpha value is -1.64. The number of halogens is 1. The van der Waals surface area contributed by atoms with Crippen molar-refractivity contribution in [1.29, 1.82) is 0 Å². The summed E-state index contributed by atoms with van der Waals surface area (Å²) >= 11 is 0. The number of para-hydroxylation sites is 1. The normalized spacial score (nSPS) is 10.9. The molecule has 0 atom stereocenters. The summed E-state index contributed by atoms with van der Waals surface area (Å²) in [5.41, 5.74) is 6.75. The first kappa shape index (κ1) is 15.4. The van der Waals surface area contributed by atoms with Crippen molar-refractivity contribution in [1.82, 2.24) is 19.7 Å². The first-order valence-corrected chi connectivity index (χ1v) is 5.60. The van der Waals surface area contributed by atoms with Gasteiger partial charge in [-0.2, -0.15) is 0 Å². The van der Waals surface area contributed by atoms with Crippen LogP contribution in [0.3, 0.4) is 0 Å². The van der Waals surface area contributed by atoms with Crippen LogP contribution in [0.25, 0.3) is 5.69 Å². The maximum Gasteiger partial charge on any atom is 0.191 e. The lowest BCUT2D eigenvalue weighted by Gasteiger charge is -2.10. The highest BCUT2D eigenvalue weighted by Crippen LogP contribution is 2.09. The lowest BCUT2D eigenvalue weighted by Crippen LogP contribution is -2.30. The Bertz CT molecular complexity index is 534. The molecule has 1 aromatic carbocycles. The molecule has 0 bridgehead atoms. The van der Waals surface area contributed by atoms with Gasteiger partial charge in [0.15, 0.2) is 11.8 Å². The minimum Gasteiger partial charge on any atom is -0.370 e. The number of guanidine groups is 1. The molecule has 6 nitrogen and oxygen atoms in total. The van der Waals surface area contributed by atoms with Crippen LogP contribution in [0.15, 0.2) is 41.7 Å². The first-order valence-electron chi connectivity index (χ1n) is 5.60. The first-order chi connectivity index (χ1) is 8.68. The number of hydrogen-bond acceptors (Lipinski definition) is 3. The molecule has 0 unspecified atom stereocenters. The van der Waals surface area contributed by atoms with Crippen LogP contribution in [0.5, 0.6) is 0 Å². The Morgan fingerprint density at radius 1 is 1.32 bits per heavy atom. The number of aliphatic imine (C=N–C) groups is 1. The average molecular weight is 372 g/mol. The molecule has 1 heterocycles. The van der Waals surface area contributed by atoms with Gasteiger partial charge in [0.05, 0.1) is 0 Å². The highest BCUT2D eigenvalue weighted by Gasteiger charge is 2.05. The summed E-state index contributed by atoms with van der Waals surface area (Å²) in [7, 11) is 3.70. The zero-order valence-electron chi connectivity index (χ0n) is 10.9. The second-order valence-corrected chi connectivity index (χ2v) is 4.02. The quantitative estimate of drug-likeness (QED) is 0.500. The molecule has 2 rings (SSSR count). The van der Waals surface area contributed by atoms with Gasteiger partial charge in [-0.25, -0.2) is 4.99 Å². The SMILES string of the molecule is CN(C)C(N)=NCc1nncn1-c1ccccc1.I. The molecule has 102 valence electrons. The summed E-state index contributed by atoms with van der Waals surface area (Å²) in [6.45, 7) is 0.402. The van der Waals surface area contributed by atoms with Crippen LogP contribution in [0.1, 0.15) is 5.82 Å². The zero-order valence-corrected chi connectivity index (χ0v) is 13.2. The number of rotatable bonds is 3. The van der Waals surface area contributed by atoms with E-state index < -0.39 is 0 Å². The number of hydrogen-bond donors (Lipinski definition) is 1. The molecule has 2 aromatic rings. The Morgan fingerprint density at radius 2 is 2.00 bits per heavy atom. The summed E-state index contributed by atoms with van der Waals surface area (Å²) in [4.78, 5) is 6.00. The summed E-state index contributed by atoms with van der Waals surface area (Å²) < 4.78 is 1.90. The van der Waals surface area contributed by atoms with E-state index in [4.69, 9.17) is 5.73 Å². The fourth-order valence-corrected chi connectivity index (χ4v) is 1.46. The van der Waals surface area contributed by atoms with Crippen molar-refractivity contribution in [3.63, 3.8) is 0 Å². The molecule has 0 saturated heterocycles. The van der Waals surface area contributed by atoms with E-state index in [1.807, 2.05) is 49.0 Å². The van der Waals surface area contributed by atoms with Crippen LogP contribution in [0.4, 0.5) is 0 Å². The molecule has 7 heteroatoms. The van der Waals surface area contributed by atoms with Gasteiger partial charge in [0.1, 0.15) is 12.9 Å². The second kappa shape index (κ2) is 7.07. The van der Waals surface area contributed by atoms with Crippen molar-refractivity contribution in [2.75, 3.05) is 14.1 Å². The number of nitrogens with zero attached hydrogens (tertiary/aromatic N) is 5. The molecule has 2 N–H and O–H groups in total. The highest BCUT2D eigenvalue weighted by molar-refractivity contribution is 14.0. The minimum absolute atomic E-state index is 0. The van der Waals surface area contributed by atoms with Crippen LogP contribution >= 0.6 is 24.0 Å². The van der Waals surface area contributed by atoms with E-state index in [0.29, 0.717) is 12.5 Å². The molecule has 0 fully saturated rings. The van der Waals surface area contributed by atoms with E-state index in [1.165, 1.54) is 0 Å². The van der Waals surface area contributed by atoms with Crippen molar-refractivity contribution >= 4 is 29.9 Å². The van der Waals surface area contributed by atoms with E-state index in [0.717, 1.165) is 11.5 Å². The van der Waals surface area contributed by atoms with Gasteiger partial charge in [-0.1, -0.05) is 18.2 Å². The van der Waals surface area contributed by atoms with E-state index in [9.17, 15) is 0 Å². The van der Waals surface area contributed by atoms with E-state index in [-0.39, 0.29) is 24.0 Å². The molecule has 0 aliphatic rings. The van der Waals surface area contributed by atoms with E-state index >= 15 is 0 Å². The fourth-order valence-electron chi connectivity index (χ4n) is 1.46. The predicted octanol–water partition coefficient (Wildman–Crippen LogP) is 1.26. The van der Waals surface area contributed by atoms with E-state index in [1.54, 1.807) is 11.2 Å². The Labute approximate surface area is 129 Å². The molecule has 0 saturated carbocycles. The molecule has 0 radical (unpaired) electrons. The summed E-state index contributed by atoms with van der Waals surface area (Å²) in [5, 5.41) is 7.97. The third kappa shape index (κ3) is 3.91. The molecule has 0 spiro atoms. The lowest BCUT2D eigenvalue weighted by atomic mass is 10.3. The third-order valence-electron chi connectivity index (χ3n) is 2.49.